The minimum absolute atomic E-state index is 0.269. The van der Waals surface area contributed by atoms with Gasteiger partial charge in [0.1, 0.15) is 0 Å². The van der Waals surface area contributed by atoms with Crippen LogP contribution < -0.4 is 5.32 Å². The molecule has 1 atom stereocenters. The summed E-state index contributed by atoms with van der Waals surface area (Å²) < 4.78 is 26.8. The highest BCUT2D eigenvalue weighted by Crippen LogP contribution is 2.22. The molecule has 0 radical (unpaired) electrons. The van der Waals surface area contributed by atoms with Crippen molar-refractivity contribution in [3.63, 3.8) is 0 Å². The molecule has 1 saturated heterocycles. The summed E-state index contributed by atoms with van der Waals surface area (Å²) in [6.45, 7) is 1.50. The Morgan fingerprint density at radius 2 is 1.95 bits per heavy atom. The van der Waals surface area contributed by atoms with Gasteiger partial charge in [0.05, 0.1) is 4.90 Å². The molecule has 21 heavy (non-hydrogen) atoms. The number of hydrogen-bond donors (Lipinski definition) is 1. The van der Waals surface area contributed by atoms with E-state index in [2.05, 4.69) is 5.32 Å². The van der Waals surface area contributed by atoms with E-state index in [4.69, 9.17) is 0 Å². The third kappa shape index (κ3) is 2.95. The molecule has 0 bridgehead atoms. The van der Waals surface area contributed by atoms with Gasteiger partial charge in [-0.1, -0.05) is 30.3 Å². The monoisotopic (exact) mass is 304 g/mol. The molecule has 0 aromatic heterocycles. The molecule has 1 fully saturated rings. The molecular weight excluding hydrogens is 284 g/mol. The number of nitrogens with one attached hydrogen (secondary N) is 1. The lowest BCUT2D eigenvalue weighted by atomic mass is 10.1. The Hall–Kier alpha value is -1.43. The number of sulfonamides is 1. The maximum Gasteiger partial charge on any atom is 0.242 e. The van der Waals surface area contributed by atoms with Crippen molar-refractivity contribution >= 4 is 20.8 Å². The zero-order valence-corrected chi connectivity index (χ0v) is 12.9. The van der Waals surface area contributed by atoms with Gasteiger partial charge in [0.25, 0.3) is 0 Å². The first-order valence-electron chi connectivity index (χ1n) is 7.26. The smallest absolute Gasteiger partial charge is 0.242 e. The fourth-order valence-corrected chi connectivity index (χ4v) is 4.08. The first-order chi connectivity index (χ1) is 10.1. The van der Waals surface area contributed by atoms with Crippen LogP contribution in [0.5, 0.6) is 0 Å². The molecule has 2 aromatic rings. The van der Waals surface area contributed by atoms with Gasteiger partial charge in [-0.3, -0.25) is 0 Å². The van der Waals surface area contributed by atoms with Crippen LogP contribution in [0, 0.1) is 0 Å². The van der Waals surface area contributed by atoms with Gasteiger partial charge in [-0.25, -0.2) is 8.42 Å². The van der Waals surface area contributed by atoms with Crippen molar-refractivity contribution < 1.29 is 8.42 Å². The van der Waals surface area contributed by atoms with Crippen LogP contribution in [0.25, 0.3) is 10.8 Å². The Morgan fingerprint density at radius 1 is 1.19 bits per heavy atom. The van der Waals surface area contributed by atoms with E-state index in [1.165, 1.54) is 4.31 Å². The quantitative estimate of drug-likeness (QED) is 0.942. The summed E-state index contributed by atoms with van der Waals surface area (Å²) in [6, 6.07) is 13.4. The molecule has 5 heteroatoms. The van der Waals surface area contributed by atoms with E-state index >= 15 is 0 Å². The fraction of sp³-hybridized carbons (Fsp3) is 0.375. The van der Waals surface area contributed by atoms with Crippen LogP contribution >= 0.6 is 0 Å². The first-order valence-corrected chi connectivity index (χ1v) is 8.70. The molecule has 0 spiro atoms. The van der Waals surface area contributed by atoms with E-state index < -0.39 is 10.0 Å². The average molecular weight is 304 g/mol. The summed E-state index contributed by atoms with van der Waals surface area (Å²) in [7, 11) is -1.77. The van der Waals surface area contributed by atoms with Gasteiger partial charge < -0.3 is 5.32 Å². The fourth-order valence-electron chi connectivity index (χ4n) is 2.83. The molecule has 0 saturated carbocycles. The normalized spacial score (nSPS) is 19.4. The summed E-state index contributed by atoms with van der Waals surface area (Å²) >= 11 is 0. The standard InChI is InChI=1S/C16H20N2O2S/c1-18(12-15-7-4-10-17-15)21(19,20)16-9-8-13-5-2-3-6-14(13)11-16/h2-3,5-6,8-9,11,15,17H,4,7,10,12H2,1H3. The highest BCUT2D eigenvalue weighted by Gasteiger charge is 2.25. The third-order valence-electron chi connectivity index (χ3n) is 4.07. The summed E-state index contributed by atoms with van der Waals surface area (Å²) in [6.07, 6.45) is 2.16. The Morgan fingerprint density at radius 3 is 2.67 bits per heavy atom. The number of rotatable bonds is 4. The van der Waals surface area contributed by atoms with E-state index in [1.54, 1.807) is 19.2 Å². The lowest BCUT2D eigenvalue weighted by Gasteiger charge is -2.21. The van der Waals surface area contributed by atoms with Crippen molar-refractivity contribution in [3.8, 4) is 0 Å². The number of nitrogens with zero attached hydrogens (tertiary/aromatic N) is 1. The zero-order chi connectivity index (χ0) is 14.9. The summed E-state index contributed by atoms with van der Waals surface area (Å²) in [5.74, 6) is 0. The molecule has 112 valence electrons. The van der Waals surface area contributed by atoms with Crippen molar-refractivity contribution in [2.75, 3.05) is 20.1 Å². The maximum atomic E-state index is 12.7. The maximum absolute atomic E-state index is 12.7. The highest BCUT2D eigenvalue weighted by atomic mass is 32.2. The molecule has 0 aliphatic carbocycles. The Labute approximate surface area is 125 Å². The topological polar surface area (TPSA) is 49.4 Å². The lowest BCUT2D eigenvalue weighted by molar-refractivity contribution is 0.417. The second-order valence-electron chi connectivity index (χ2n) is 5.59. The predicted octanol–water partition coefficient (Wildman–Crippen LogP) is 2.21. The lowest BCUT2D eigenvalue weighted by Crippen LogP contribution is -2.38. The first kappa shape index (κ1) is 14.5. The van der Waals surface area contributed by atoms with Crippen molar-refractivity contribution in [1.82, 2.24) is 9.62 Å². The van der Waals surface area contributed by atoms with Gasteiger partial charge in [0.15, 0.2) is 0 Å². The molecule has 3 rings (SSSR count). The summed E-state index contributed by atoms with van der Waals surface area (Å²) in [5.41, 5.74) is 0. The van der Waals surface area contributed by atoms with Gasteiger partial charge in [0, 0.05) is 19.6 Å². The minimum Gasteiger partial charge on any atom is -0.313 e. The van der Waals surface area contributed by atoms with Crippen molar-refractivity contribution in [2.24, 2.45) is 0 Å². The molecule has 0 amide bonds. The van der Waals surface area contributed by atoms with Gasteiger partial charge in [-0.15, -0.1) is 0 Å². The van der Waals surface area contributed by atoms with E-state index in [9.17, 15) is 8.42 Å². The summed E-state index contributed by atoms with van der Waals surface area (Å²) in [5, 5.41) is 5.34. The molecular formula is C16H20N2O2S. The highest BCUT2D eigenvalue weighted by molar-refractivity contribution is 7.89. The van der Waals surface area contributed by atoms with Crippen molar-refractivity contribution in [1.29, 1.82) is 0 Å². The third-order valence-corrected chi connectivity index (χ3v) is 5.89. The van der Waals surface area contributed by atoms with Crippen LogP contribution in [-0.4, -0.2) is 38.9 Å². The van der Waals surface area contributed by atoms with E-state index in [-0.39, 0.29) is 6.04 Å². The predicted molar refractivity (Wildman–Crippen MR) is 84.8 cm³/mol. The van der Waals surface area contributed by atoms with Crippen molar-refractivity contribution in [3.05, 3.63) is 42.5 Å². The Balaban J connectivity index is 1.87. The van der Waals surface area contributed by atoms with Crippen LogP contribution in [-0.2, 0) is 10.0 Å². The molecule has 1 aliphatic heterocycles. The molecule has 1 unspecified atom stereocenters. The molecule has 2 aromatic carbocycles. The van der Waals surface area contributed by atoms with Crippen LogP contribution in [0.1, 0.15) is 12.8 Å². The second kappa shape index (κ2) is 5.75. The molecule has 4 nitrogen and oxygen atoms in total. The number of benzene rings is 2. The van der Waals surface area contributed by atoms with E-state index in [0.717, 1.165) is 30.2 Å². The SMILES string of the molecule is CN(CC1CCCN1)S(=O)(=O)c1ccc2ccccc2c1. The van der Waals surface area contributed by atoms with Crippen molar-refractivity contribution in [2.45, 2.75) is 23.8 Å². The largest absolute Gasteiger partial charge is 0.313 e. The molecule has 1 aliphatic rings. The average Bonchev–Trinajstić information content (AvgIpc) is 2.99. The van der Waals surface area contributed by atoms with Gasteiger partial charge in [-0.2, -0.15) is 4.31 Å². The molecule has 1 heterocycles. The van der Waals surface area contributed by atoms with Crippen LogP contribution in [0.2, 0.25) is 0 Å². The number of hydrogen-bond acceptors (Lipinski definition) is 3. The van der Waals surface area contributed by atoms with Crippen LogP contribution in [0.15, 0.2) is 47.4 Å². The Bertz CT molecular complexity index is 737. The number of likely N-dealkylation sites (N-methyl/N-ethyl adjacent to an activating group) is 1. The second-order valence-corrected chi connectivity index (χ2v) is 7.63. The van der Waals surface area contributed by atoms with Gasteiger partial charge in [-0.05, 0) is 42.3 Å². The van der Waals surface area contributed by atoms with E-state index in [0.29, 0.717) is 11.4 Å². The van der Waals surface area contributed by atoms with E-state index in [1.807, 2.05) is 30.3 Å². The van der Waals surface area contributed by atoms with Crippen LogP contribution in [0.4, 0.5) is 0 Å². The Kier molecular flexibility index (Phi) is 3.97. The zero-order valence-electron chi connectivity index (χ0n) is 12.1. The van der Waals surface area contributed by atoms with Gasteiger partial charge in [0.2, 0.25) is 10.0 Å². The molecule has 1 N–H and O–H groups in total. The van der Waals surface area contributed by atoms with Crippen LogP contribution in [0.3, 0.4) is 0 Å². The summed E-state index contributed by atoms with van der Waals surface area (Å²) in [4.78, 5) is 0.363. The van der Waals surface area contributed by atoms with Gasteiger partial charge >= 0.3 is 0 Å². The number of fused-ring (bicyclic) bond motifs is 1. The minimum atomic E-state index is -3.42.